The first-order chi connectivity index (χ1) is 13.5. The minimum absolute atomic E-state index is 0.107. The van der Waals surface area contributed by atoms with E-state index in [1.54, 1.807) is 24.4 Å². The highest BCUT2D eigenvalue weighted by Gasteiger charge is 2.31. The van der Waals surface area contributed by atoms with Crippen LogP contribution < -0.4 is 10.1 Å². The van der Waals surface area contributed by atoms with Gasteiger partial charge in [0.15, 0.2) is 11.6 Å². The molecule has 3 N–H and O–H groups in total. The summed E-state index contributed by atoms with van der Waals surface area (Å²) in [5.74, 6) is -1.65. The number of hydrogen-bond acceptors (Lipinski definition) is 3. The van der Waals surface area contributed by atoms with Gasteiger partial charge in [-0.2, -0.15) is 0 Å². The fourth-order valence-corrected chi connectivity index (χ4v) is 3.53. The molecule has 1 aromatic heterocycles. The Kier molecular flexibility index (Phi) is 4.60. The van der Waals surface area contributed by atoms with Crippen molar-refractivity contribution in [3.63, 3.8) is 0 Å². The fraction of sp³-hybridized carbons (Fsp3) is 0.190. The number of amides is 1. The molecule has 1 aliphatic rings. The van der Waals surface area contributed by atoms with Gasteiger partial charge in [-0.15, -0.1) is 0 Å². The quantitative estimate of drug-likeness (QED) is 0.641. The number of hydrogen-bond donors (Lipinski definition) is 3. The van der Waals surface area contributed by atoms with Crippen molar-refractivity contribution < 1.29 is 23.4 Å². The topological polar surface area (TPSA) is 74.4 Å². The summed E-state index contributed by atoms with van der Waals surface area (Å²) in [6.07, 6.45) is 1.78. The van der Waals surface area contributed by atoms with Gasteiger partial charge in [-0.25, -0.2) is 8.78 Å². The lowest BCUT2D eigenvalue weighted by atomic mass is 9.86. The Bertz CT molecular complexity index is 1060. The standard InChI is InChI=1S/C21H18F2N2O3/c1-11-20-16(9-24-11)15(8-25-21(20)27)14-6-12(10-26)2-4-18(14)28-19-5-3-13(22)7-17(19)23/h2-7,9,15,24,26H,8,10H2,1H3,(H,25,27). The molecule has 0 spiro atoms. The third-order valence-corrected chi connectivity index (χ3v) is 4.92. The number of ether oxygens (including phenoxy) is 1. The van der Waals surface area contributed by atoms with Gasteiger partial charge in [0.1, 0.15) is 11.6 Å². The zero-order chi connectivity index (χ0) is 19.8. The average Bonchev–Trinajstić information content (AvgIpc) is 3.07. The van der Waals surface area contributed by atoms with E-state index in [1.165, 1.54) is 6.07 Å². The highest BCUT2D eigenvalue weighted by Crippen LogP contribution is 2.39. The molecule has 0 radical (unpaired) electrons. The predicted molar refractivity (Wildman–Crippen MR) is 98.5 cm³/mol. The van der Waals surface area contributed by atoms with Crippen molar-refractivity contribution in [3.05, 3.63) is 82.2 Å². The van der Waals surface area contributed by atoms with Crippen LogP contribution in [0, 0.1) is 18.6 Å². The molecule has 28 heavy (non-hydrogen) atoms. The first kappa shape index (κ1) is 18.2. The van der Waals surface area contributed by atoms with Crippen molar-refractivity contribution in [1.82, 2.24) is 10.3 Å². The van der Waals surface area contributed by atoms with E-state index in [2.05, 4.69) is 10.3 Å². The van der Waals surface area contributed by atoms with Crippen molar-refractivity contribution in [1.29, 1.82) is 0 Å². The maximum absolute atomic E-state index is 14.1. The number of aliphatic hydroxyl groups excluding tert-OH is 1. The van der Waals surface area contributed by atoms with E-state index in [0.29, 0.717) is 29.0 Å². The molecule has 7 heteroatoms. The zero-order valence-electron chi connectivity index (χ0n) is 15.1. The van der Waals surface area contributed by atoms with Gasteiger partial charge in [-0.3, -0.25) is 4.79 Å². The van der Waals surface area contributed by atoms with Crippen LogP contribution in [0.1, 0.15) is 38.7 Å². The number of halogens is 2. The van der Waals surface area contributed by atoms with E-state index in [-0.39, 0.29) is 24.2 Å². The van der Waals surface area contributed by atoms with Crippen molar-refractivity contribution in [2.24, 2.45) is 0 Å². The number of aliphatic hydroxyl groups is 1. The lowest BCUT2D eigenvalue weighted by Crippen LogP contribution is -2.35. The van der Waals surface area contributed by atoms with Crippen LogP contribution in [0.5, 0.6) is 11.5 Å². The second-order valence-electron chi connectivity index (χ2n) is 6.71. The van der Waals surface area contributed by atoms with Crippen LogP contribution in [0.2, 0.25) is 0 Å². The molecule has 0 fully saturated rings. The summed E-state index contributed by atoms with van der Waals surface area (Å²) in [7, 11) is 0. The number of carbonyl (C=O) groups excluding carboxylic acids is 1. The monoisotopic (exact) mass is 384 g/mol. The van der Waals surface area contributed by atoms with Crippen LogP contribution in [-0.2, 0) is 6.61 Å². The minimum Gasteiger partial charge on any atom is -0.454 e. The van der Waals surface area contributed by atoms with Crippen LogP contribution >= 0.6 is 0 Å². The third-order valence-electron chi connectivity index (χ3n) is 4.92. The van der Waals surface area contributed by atoms with Gasteiger partial charge >= 0.3 is 0 Å². The Morgan fingerprint density at radius 1 is 1.14 bits per heavy atom. The Morgan fingerprint density at radius 2 is 1.93 bits per heavy atom. The van der Waals surface area contributed by atoms with Crippen molar-refractivity contribution in [3.8, 4) is 11.5 Å². The molecule has 4 rings (SSSR count). The van der Waals surface area contributed by atoms with Crippen molar-refractivity contribution in [2.45, 2.75) is 19.4 Å². The highest BCUT2D eigenvalue weighted by molar-refractivity contribution is 5.98. The van der Waals surface area contributed by atoms with Gasteiger partial charge in [0.25, 0.3) is 5.91 Å². The molecule has 3 aromatic rings. The van der Waals surface area contributed by atoms with E-state index >= 15 is 0 Å². The van der Waals surface area contributed by atoms with E-state index in [1.807, 2.05) is 6.92 Å². The van der Waals surface area contributed by atoms with Crippen LogP contribution in [0.4, 0.5) is 8.78 Å². The van der Waals surface area contributed by atoms with Crippen LogP contribution in [0.25, 0.3) is 0 Å². The second kappa shape index (κ2) is 7.09. The molecular formula is C21H18F2N2O3. The SMILES string of the molecule is Cc1[nH]cc2c1C(=O)NCC2c1cc(CO)ccc1Oc1ccc(F)cc1F. The number of H-pyrrole nitrogens is 1. The van der Waals surface area contributed by atoms with Gasteiger partial charge in [-0.1, -0.05) is 6.07 Å². The molecule has 1 aliphatic heterocycles. The molecule has 0 aliphatic carbocycles. The van der Waals surface area contributed by atoms with E-state index in [9.17, 15) is 18.7 Å². The second-order valence-corrected chi connectivity index (χ2v) is 6.71. The summed E-state index contributed by atoms with van der Waals surface area (Å²) >= 11 is 0. The molecule has 5 nitrogen and oxygen atoms in total. The fourth-order valence-electron chi connectivity index (χ4n) is 3.53. The molecular weight excluding hydrogens is 366 g/mol. The summed E-state index contributed by atoms with van der Waals surface area (Å²) in [5, 5.41) is 12.4. The number of carbonyl (C=O) groups is 1. The van der Waals surface area contributed by atoms with Crippen LogP contribution in [0.3, 0.4) is 0 Å². The number of nitrogens with one attached hydrogen (secondary N) is 2. The molecule has 0 saturated heterocycles. The summed E-state index contributed by atoms with van der Waals surface area (Å²) in [6, 6.07) is 8.18. The molecule has 2 aromatic carbocycles. The highest BCUT2D eigenvalue weighted by atomic mass is 19.1. The summed E-state index contributed by atoms with van der Waals surface area (Å²) < 4.78 is 33.0. The maximum Gasteiger partial charge on any atom is 0.253 e. The Balaban J connectivity index is 1.80. The van der Waals surface area contributed by atoms with Crippen molar-refractivity contribution >= 4 is 5.91 Å². The molecule has 144 valence electrons. The normalized spacial score (nSPS) is 15.9. The third kappa shape index (κ3) is 3.14. The number of aryl methyl sites for hydroxylation is 1. The summed E-state index contributed by atoms with van der Waals surface area (Å²) in [4.78, 5) is 15.3. The van der Waals surface area contributed by atoms with Crippen molar-refractivity contribution in [2.75, 3.05) is 6.54 Å². The first-order valence-corrected chi connectivity index (χ1v) is 8.80. The van der Waals surface area contributed by atoms with Crippen LogP contribution in [-0.4, -0.2) is 22.5 Å². The summed E-state index contributed by atoms with van der Waals surface area (Å²) in [5.41, 5.74) is 3.48. The minimum atomic E-state index is -0.813. The Morgan fingerprint density at radius 3 is 2.68 bits per heavy atom. The largest absolute Gasteiger partial charge is 0.454 e. The maximum atomic E-state index is 14.1. The van der Waals surface area contributed by atoms with Gasteiger partial charge in [0.05, 0.1) is 12.2 Å². The van der Waals surface area contributed by atoms with Crippen LogP contribution in [0.15, 0.2) is 42.6 Å². The molecule has 1 atom stereocenters. The molecule has 0 bridgehead atoms. The molecule has 1 unspecified atom stereocenters. The molecule has 0 saturated carbocycles. The number of fused-ring (bicyclic) bond motifs is 1. The average molecular weight is 384 g/mol. The molecule has 1 amide bonds. The molecule has 2 heterocycles. The van der Waals surface area contributed by atoms with E-state index in [4.69, 9.17) is 4.74 Å². The lowest BCUT2D eigenvalue weighted by Gasteiger charge is -2.26. The van der Waals surface area contributed by atoms with Gasteiger partial charge in [0.2, 0.25) is 0 Å². The Hall–Kier alpha value is -3.19. The van der Waals surface area contributed by atoms with E-state index in [0.717, 1.165) is 23.4 Å². The Labute approximate surface area is 160 Å². The van der Waals surface area contributed by atoms with Gasteiger partial charge < -0.3 is 20.1 Å². The zero-order valence-corrected chi connectivity index (χ0v) is 15.1. The van der Waals surface area contributed by atoms with Gasteiger partial charge in [-0.05, 0) is 42.3 Å². The van der Waals surface area contributed by atoms with E-state index < -0.39 is 11.6 Å². The number of benzene rings is 2. The lowest BCUT2D eigenvalue weighted by molar-refractivity contribution is 0.0942. The van der Waals surface area contributed by atoms with Gasteiger partial charge in [0, 0.05) is 36.0 Å². The summed E-state index contributed by atoms with van der Waals surface area (Å²) in [6.45, 7) is 1.98. The number of aromatic amines is 1. The smallest absolute Gasteiger partial charge is 0.253 e. The number of aromatic nitrogens is 1. The first-order valence-electron chi connectivity index (χ1n) is 8.80. The number of rotatable bonds is 4. The predicted octanol–water partition coefficient (Wildman–Crippen LogP) is 3.76.